The maximum atomic E-state index is 11.1. The van der Waals surface area contributed by atoms with Crippen molar-refractivity contribution in [2.24, 2.45) is 26.9 Å². The van der Waals surface area contributed by atoms with Crippen molar-refractivity contribution in [2.45, 2.75) is 26.3 Å². The van der Waals surface area contributed by atoms with E-state index in [4.69, 9.17) is 11.5 Å². The minimum absolute atomic E-state index is 0.161. The Morgan fingerprint density at radius 3 is 2.62 bits per heavy atom. The number of carbonyl (C=O) groups excluding carboxylic acids is 1. The summed E-state index contributed by atoms with van der Waals surface area (Å²) in [7, 11) is 0. The van der Waals surface area contributed by atoms with E-state index in [2.05, 4.69) is 16.6 Å². The summed E-state index contributed by atoms with van der Waals surface area (Å²) >= 11 is 0. The lowest BCUT2D eigenvalue weighted by atomic mass is 9.85. The van der Waals surface area contributed by atoms with Gasteiger partial charge in [0.15, 0.2) is 0 Å². The molecule has 0 aliphatic rings. The van der Waals surface area contributed by atoms with Crippen molar-refractivity contribution >= 4 is 18.5 Å². The number of amides is 1. The number of allylic oxidation sites excluding steroid dienone is 1. The van der Waals surface area contributed by atoms with Crippen LogP contribution in [0.2, 0.25) is 0 Å². The van der Waals surface area contributed by atoms with E-state index in [0.29, 0.717) is 13.0 Å². The lowest BCUT2D eigenvalue weighted by Crippen LogP contribution is -2.33. The van der Waals surface area contributed by atoms with Gasteiger partial charge in [-0.3, -0.25) is 14.8 Å². The molecule has 1 atom stereocenters. The largest absolute Gasteiger partial charge is 0.390 e. The van der Waals surface area contributed by atoms with Crippen LogP contribution in [0.4, 0.5) is 0 Å². The monoisotopic (exact) mass is 224 g/mol. The summed E-state index contributed by atoms with van der Waals surface area (Å²) in [6.07, 6.45) is 4.87. The fraction of sp³-hybridized carbons (Fsp3) is 0.545. The second-order valence-corrected chi connectivity index (χ2v) is 4.31. The molecule has 0 heterocycles. The number of hydrogen-bond donors (Lipinski definition) is 2. The zero-order chi connectivity index (χ0) is 12.6. The average molecular weight is 224 g/mol. The van der Waals surface area contributed by atoms with Crippen LogP contribution >= 0.6 is 0 Å². The molecule has 0 aliphatic carbocycles. The first-order valence-corrected chi connectivity index (χ1v) is 5.06. The first-order chi connectivity index (χ1) is 7.43. The Morgan fingerprint density at radius 2 is 2.19 bits per heavy atom. The molecule has 0 unspecified atom stereocenters. The summed E-state index contributed by atoms with van der Waals surface area (Å²) in [6.45, 7) is 8.11. The van der Waals surface area contributed by atoms with Gasteiger partial charge in [-0.15, -0.1) is 0 Å². The van der Waals surface area contributed by atoms with Crippen LogP contribution in [0.1, 0.15) is 20.3 Å². The summed E-state index contributed by atoms with van der Waals surface area (Å²) in [6, 6.07) is -0.584. The van der Waals surface area contributed by atoms with Crippen LogP contribution in [-0.4, -0.2) is 31.0 Å². The maximum absolute atomic E-state index is 11.1. The second-order valence-electron chi connectivity index (χ2n) is 4.31. The Labute approximate surface area is 96.3 Å². The SMILES string of the molecule is C=CC=NCC(C)(C)C[C@@H](N=CN)C(N)=O. The van der Waals surface area contributed by atoms with E-state index in [1.807, 2.05) is 13.8 Å². The maximum Gasteiger partial charge on any atom is 0.242 e. The van der Waals surface area contributed by atoms with E-state index < -0.39 is 11.9 Å². The van der Waals surface area contributed by atoms with Gasteiger partial charge in [0.05, 0.1) is 6.34 Å². The topological polar surface area (TPSA) is 93.8 Å². The van der Waals surface area contributed by atoms with Crippen LogP contribution in [0, 0.1) is 5.41 Å². The van der Waals surface area contributed by atoms with Crippen molar-refractivity contribution in [3.8, 4) is 0 Å². The van der Waals surface area contributed by atoms with E-state index in [1.165, 1.54) is 0 Å². The first-order valence-electron chi connectivity index (χ1n) is 5.06. The lowest BCUT2D eigenvalue weighted by molar-refractivity contribution is -0.119. The van der Waals surface area contributed by atoms with Gasteiger partial charge in [0.1, 0.15) is 6.04 Å². The number of rotatable bonds is 7. The Hall–Kier alpha value is -1.65. The van der Waals surface area contributed by atoms with Crippen molar-refractivity contribution in [2.75, 3.05) is 6.54 Å². The van der Waals surface area contributed by atoms with Crippen LogP contribution in [0.5, 0.6) is 0 Å². The van der Waals surface area contributed by atoms with Gasteiger partial charge in [0, 0.05) is 12.8 Å². The molecule has 0 spiro atoms. The minimum atomic E-state index is -0.584. The molecule has 0 aromatic heterocycles. The molecule has 0 saturated carbocycles. The molecule has 0 radical (unpaired) electrons. The first kappa shape index (κ1) is 14.3. The van der Waals surface area contributed by atoms with E-state index in [-0.39, 0.29) is 5.41 Å². The van der Waals surface area contributed by atoms with Gasteiger partial charge in [-0.2, -0.15) is 0 Å². The van der Waals surface area contributed by atoms with Gasteiger partial charge < -0.3 is 11.5 Å². The van der Waals surface area contributed by atoms with E-state index in [0.717, 1.165) is 6.34 Å². The van der Waals surface area contributed by atoms with Gasteiger partial charge in [0.25, 0.3) is 0 Å². The Morgan fingerprint density at radius 1 is 1.56 bits per heavy atom. The number of hydrogen-bond acceptors (Lipinski definition) is 3. The van der Waals surface area contributed by atoms with Crippen LogP contribution in [0.25, 0.3) is 0 Å². The molecule has 0 aromatic rings. The van der Waals surface area contributed by atoms with Crippen LogP contribution in [0.15, 0.2) is 22.6 Å². The van der Waals surface area contributed by atoms with Gasteiger partial charge in [-0.05, 0) is 11.8 Å². The molecule has 0 rings (SSSR count). The molecule has 5 heteroatoms. The molecule has 1 amide bonds. The summed E-state index contributed by atoms with van der Waals surface area (Å²) in [5.74, 6) is -0.470. The molecule has 90 valence electrons. The quantitative estimate of drug-likeness (QED) is 0.486. The average Bonchev–Trinajstić information content (AvgIpc) is 2.17. The lowest BCUT2D eigenvalue weighted by Gasteiger charge is -2.24. The molecule has 4 N–H and O–H groups in total. The predicted octanol–water partition coefficient (Wildman–Crippen LogP) is 0.500. The second kappa shape index (κ2) is 6.76. The highest BCUT2D eigenvalue weighted by molar-refractivity contribution is 5.81. The Kier molecular flexibility index (Phi) is 6.07. The zero-order valence-electron chi connectivity index (χ0n) is 9.89. The van der Waals surface area contributed by atoms with Crippen LogP contribution in [0.3, 0.4) is 0 Å². The number of aliphatic imine (C=N–C) groups is 2. The molecular formula is C11H20N4O. The van der Waals surface area contributed by atoms with Crippen LogP contribution < -0.4 is 11.5 Å². The van der Waals surface area contributed by atoms with Crippen molar-refractivity contribution in [1.29, 1.82) is 0 Å². The minimum Gasteiger partial charge on any atom is -0.390 e. The fourth-order valence-electron chi connectivity index (χ4n) is 1.29. The summed E-state index contributed by atoms with van der Waals surface area (Å²) in [5.41, 5.74) is 10.2. The summed E-state index contributed by atoms with van der Waals surface area (Å²) in [5, 5.41) is 0. The number of nitrogens with two attached hydrogens (primary N) is 2. The highest BCUT2D eigenvalue weighted by Gasteiger charge is 2.25. The standard InChI is InChI=1S/C11H20N4O/c1-4-5-14-7-11(2,3)6-9(10(13)16)15-8-12/h4-5,8-9H,1,6-7H2,2-3H3,(H2,12,15)(H2,13,16)/t9-/m1/s1. The Bertz CT molecular complexity index is 294. The van der Waals surface area contributed by atoms with Crippen molar-refractivity contribution in [3.05, 3.63) is 12.7 Å². The molecular weight excluding hydrogens is 204 g/mol. The molecule has 0 aromatic carbocycles. The molecule has 0 saturated heterocycles. The number of nitrogens with zero attached hydrogens (tertiary/aromatic N) is 2. The third kappa shape index (κ3) is 5.95. The number of primary amides is 1. The van der Waals surface area contributed by atoms with Gasteiger partial charge in [-0.25, -0.2) is 0 Å². The normalized spacial score (nSPS) is 14.4. The summed E-state index contributed by atoms with van der Waals surface area (Å²) < 4.78 is 0. The van der Waals surface area contributed by atoms with Crippen molar-refractivity contribution < 1.29 is 4.79 Å². The third-order valence-electron chi connectivity index (χ3n) is 2.07. The molecule has 0 aliphatic heterocycles. The van der Waals surface area contributed by atoms with E-state index >= 15 is 0 Å². The van der Waals surface area contributed by atoms with E-state index in [9.17, 15) is 4.79 Å². The van der Waals surface area contributed by atoms with E-state index in [1.54, 1.807) is 12.3 Å². The number of carbonyl (C=O) groups is 1. The van der Waals surface area contributed by atoms with Gasteiger partial charge in [-0.1, -0.05) is 26.5 Å². The molecule has 0 bridgehead atoms. The smallest absolute Gasteiger partial charge is 0.242 e. The van der Waals surface area contributed by atoms with Crippen molar-refractivity contribution in [1.82, 2.24) is 0 Å². The summed E-state index contributed by atoms with van der Waals surface area (Å²) in [4.78, 5) is 19.1. The molecule has 16 heavy (non-hydrogen) atoms. The van der Waals surface area contributed by atoms with Crippen molar-refractivity contribution in [3.63, 3.8) is 0 Å². The Balaban J connectivity index is 4.46. The highest BCUT2D eigenvalue weighted by Crippen LogP contribution is 2.23. The highest BCUT2D eigenvalue weighted by atomic mass is 16.1. The van der Waals surface area contributed by atoms with Gasteiger partial charge in [0.2, 0.25) is 5.91 Å². The van der Waals surface area contributed by atoms with Crippen LogP contribution in [-0.2, 0) is 4.79 Å². The molecule has 5 nitrogen and oxygen atoms in total. The zero-order valence-corrected chi connectivity index (χ0v) is 9.89. The van der Waals surface area contributed by atoms with Gasteiger partial charge >= 0.3 is 0 Å². The fourth-order valence-corrected chi connectivity index (χ4v) is 1.29. The predicted molar refractivity (Wildman–Crippen MR) is 67.6 cm³/mol. The third-order valence-corrected chi connectivity index (χ3v) is 2.07. The molecule has 0 fully saturated rings.